The van der Waals surface area contributed by atoms with Crippen molar-refractivity contribution in [1.29, 1.82) is 0 Å². The van der Waals surface area contributed by atoms with E-state index < -0.39 is 0 Å². The lowest BCUT2D eigenvalue weighted by Gasteiger charge is -2.34. The summed E-state index contributed by atoms with van der Waals surface area (Å²) < 4.78 is 5.90. The fourth-order valence-electron chi connectivity index (χ4n) is 2.88. The molecule has 0 aliphatic carbocycles. The van der Waals surface area contributed by atoms with Crippen LogP contribution in [0.1, 0.15) is 30.7 Å². The van der Waals surface area contributed by atoms with E-state index in [0.29, 0.717) is 0 Å². The standard InChI is InChI=1S/C12H17NOS/c1-11(2)7-12(8-14-11)10-9(3-5-13-12)4-6-15-10/h4,6,13H,3,5,7-8H2,1-2H3. The number of thiophene rings is 1. The maximum Gasteiger partial charge on any atom is 0.0795 e. The molecule has 1 aromatic heterocycles. The molecule has 3 heterocycles. The van der Waals surface area contributed by atoms with Crippen LogP contribution in [-0.4, -0.2) is 18.8 Å². The van der Waals surface area contributed by atoms with Crippen LogP contribution in [0.25, 0.3) is 0 Å². The summed E-state index contributed by atoms with van der Waals surface area (Å²) in [5.41, 5.74) is 1.66. The molecule has 1 spiro atoms. The first-order valence-corrected chi connectivity index (χ1v) is 6.45. The number of rotatable bonds is 0. The fraction of sp³-hybridized carbons (Fsp3) is 0.667. The second-order valence-corrected chi connectivity index (χ2v) is 6.18. The number of fused-ring (bicyclic) bond motifs is 2. The van der Waals surface area contributed by atoms with Gasteiger partial charge in [-0.05, 0) is 37.3 Å². The van der Waals surface area contributed by atoms with Crippen molar-refractivity contribution in [1.82, 2.24) is 5.32 Å². The third-order valence-electron chi connectivity index (χ3n) is 3.48. The highest BCUT2D eigenvalue weighted by atomic mass is 32.1. The summed E-state index contributed by atoms with van der Waals surface area (Å²) in [4.78, 5) is 1.51. The molecule has 1 unspecified atom stereocenters. The number of ether oxygens (including phenoxy) is 1. The van der Waals surface area contributed by atoms with E-state index in [2.05, 4.69) is 30.6 Å². The molecule has 15 heavy (non-hydrogen) atoms. The van der Waals surface area contributed by atoms with Crippen LogP contribution in [0, 0.1) is 0 Å². The first-order chi connectivity index (χ1) is 7.11. The molecule has 0 bridgehead atoms. The molecular weight excluding hydrogens is 206 g/mol. The first-order valence-electron chi connectivity index (χ1n) is 5.57. The average Bonchev–Trinajstić information content (AvgIpc) is 2.73. The van der Waals surface area contributed by atoms with Gasteiger partial charge in [-0.25, -0.2) is 0 Å². The van der Waals surface area contributed by atoms with E-state index in [4.69, 9.17) is 4.74 Å². The topological polar surface area (TPSA) is 21.3 Å². The molecule has 0 amide bonds. The number of nitrogens with one attached hydrogen (secondary N) is 1. The Hall–Kier alpha value is -0.380. The molecule has 1 aromatic rings. The van der Waals surface area contributed by atoms with E-state index in [1.54, 1.807) is 0 Å². The molecular formula is C12H17NOS. The van der Waals surface area contributed by atoms with Crippen molar-refractivity contribution < 1.29 is 4.74 Å². The van der Waals surface area contributed by atoms with Crippen LogP contribution in [0.4, 0.5) is 0 Å². The Labute approximate surface area is 94.6 Å². The molecule has 1 N–H and O–H groups in total. The Morgan fingerprint density at radius 1 is 1.47 bits per heavy atom. The zero-order valence-corrected chi connectivity index (χ0v) is 10.1. The average molecular weight is 223 g/mol. The molecule has 2 aliphatic rings. The third-order valence-corrected chi connectivity index (χ3v) is 4.64. The summed E-state index contributed by atoms with van der Waals surface area (Å²) in [5, 5.41) is 5.89. The van der Waals surface area contributed by atoms with Gasteiger partial charge >= 0.3 is 0 Å². The predicted octanol–water partition coefficient (Wildman–Crippen LogP) is 2.29. The lowest BCUT2D eigenvalue weighted by atomic mass is 9.84. The second kappa shape index (κ2) is 3.06. The Kier molecular flexibility index (Phi) is 2.00. The van der Waals surface area contributed by atoms with Crippen LogP contribution in [0.5, 0.6) is 0 Å². The minimum absolute atomic E-state index is 0.0194. The molecule has 3 rings (SSSR count). The molecule has 0 radical (unpaired) electrons. The molecule has 1 atom stereocenters. The largest absolute Gasteiger partial charge is 0.373 e. The van der Waals surface area contributed by atoms with Crippen molar-refractivity contribution in [3.05, 3.63) is 21.9 Å². The van der Waals surface area contributed by atoms with Crippen molar-refractivity contribution in [3.63, 3.8) is 0 Å². The summed E-state index contributed by atoms with van der Waals surface area (Å²) in [7, 11) is 0. The SMILES string of the molecule is CC1(C)CC2(CO1)NCCc1ccsc12. The highest BCUT2D eigenvalue weighted by molar-refractivity contribution is 7.10. The van der Waals surface area contributed by atoms with Gasteiger partial charge in [0, 0.05) is 17.8 Å². The van der Waals surface area contributed by atoms with E-state index in [-0.39, 0.29) is 11.1 Å². The van der Waals surface area contributed by atoms with Crippen molar-refractivity contribution in [3.8, 4) is 0 Å². The van der Waals surface area contributed by atoms with Crippen LogP contribution in [0.3, 0.4) is 0 Å². The van der Waals surface area contributed by atoms with Crippen LogP contribution in [0.2, 0.25) is 0 Å². The van der Waals surface area contributed by atoms with Crippen LogP contribution in [0.15, 0.2) is 11.4 Å². The lowest BCUT2D eigenvalue weighted by Crippen LogP contribution is -2.47. The maximum absolute atomic E-state index is 5.90. The minimum atomic E-state index is 0.0194. The van der Waals surface area contributed by atoms with Gasteiger partial charge in [-0.3, -0.25) is 0 Å². The Balaban J connectivity index is 2.02. The Morgan fingerprint density at radius 3 is 3.07 bits per heavy atom. The van der Waals surface area contributed by atoms with Gasteiger partial charge in [0.25, 0.3) is 0 Å². The highest BCUT2D eigenvalue weighted by Crippen LogP contribution is 2.44. The van der Waals surface area contributed by atoms with Crippen molar-refractivity contribution in [2.75, 3.05) is 13.2 Å². The van der Waals surface area contributed by atoms with Crippen molar-refractivity contribution >= 4 is 11.3 Å². The fourth-order valence-corrected chi connectivity index (χ4v) is 3.99. The number of hydrogen-bond acceptors (Lipinski definition) is 3. The van der Waals surface area contributed by atoms with Crippen LogP contribution < -0.4 is 5.32 Å². The second-order valence-electron chi connectivity index (χ2n) is 5.26. The molecule has 2 aliphatic heterocycles. The summed E-state index contributed by atoms with van der Waals surface area (Å²) in [6.07, 6.45) is 2.26. The van der Waals surface area contributed by atoms with Gasteiger partial charge in [0.2, 0.25) is 0 Å². The molecule has 1 saturated heterocycles. The number of hydrogen-bond donors (Lipinski definition) is 1. The Bertz CT molecular complexity index is 385. The zero-order valence-electron chi connectivity index (χ0n) is 9.30. The zero-order chi connectivity index (χ0) is 10.5. The van der Waals surface area contributed by atoms with E-state index in [1.165, 1.54) is 16.9 Å². The van der Waals surface area contributed by atoms with Crippen molar-refractivity contribution in [2.45, 2.75) is 37.8 Å². The highest BCUT2D eigenvalue weighted by Gasteiger charge is 2.48. The van der Waals surface area contributed by atoms with E-state index >= 15 is 0 Å². The van der Waals surface area contributed by atoms with Gasteiger partial charge in [-0.15, -0.1) is 11.3 Å². The molecule has 2 nitrogen and oxygen atoms in total. The summed E-state index contributed by atoms with van der Waals surface area (Å²) in [5.74, 6) is 0. The first kappa shape index (κ1) is 9.82. The van der Waals surface area contributed by atoms with Crippen LogP contribution >= 0.6 is 11.3 Å². The van der Waals surface area contributed by atoms with Crippen LogP contribution in [-0.2, 0) is 16.7 Å². The van der Waals surface area contributed by atoms with Gasteiger partial charge < -0.3 is 10.1 Å². The van der Waals surface area contributed by atoms with Gasteiger partial charge in [0.15, 0.2) is 0 Å². The smallest absolute Gasteiger partial charge is 0.0795 e. The minimum Gasteiger partial charge on any atom is -0.373 e. The van der Waals surface area contributed by atoms with E-state index in [9.17, 15) is 0 Å². The molecule has 3 heteroatoms. The summed E-state index contributed by atoms with van der Waals surface area (Å²) in [6, 6.07) is 2.27. The molecule has 0 aromatic carbocycles. The maximum atomic E-state index is 5.90. The van der Waals surface area contributed by atoms with E-state index in [0.717, 1.165) is 19.6 Å². The van der Waals surface area contributed by atoms with Gasteiger partial charge in [0.05, 0.1) is 17.7 Å². The molecule has 0 saturated carbocycles. The molecule has 1 fully saturated rings. The normalized spacial score (nSPS) is 33.2. The van der Waals surface area contributed by atoms with E-state index in [1.807, 2.05) is 11.3 Å². The lowest BCUT2D eigenvalue weighted by molar-refractivity contribution is 0.0329. The summed E-state index contributed by atoms with van der Waals surface area (Å²) in [6.45, 7) is 6.29. The summed E-state index contributed by atoms with van der Waals surface area (Å²) >= 11 is 1.88. The van der Waals surface area contributed by atoms with Gasteiger partial charge in [-0.2, -0.15) is 0 Å². The van der Waals surface area contributed by atoms with Gasteiger partial charge in [-0.1, -0.05) is 0 Å². The van der Waals surface area contributed by atoms with Gasteiger partial charge in [0.1, 0.15) is 0 Å². The third kappa shape index (κ3) is 1.45. The monoisotopic (exact) mass is 223 g/mol. The molecule has 82 valence electrons. The Morgan fingerprint density at radius 2 is 2.33 bits per heavy atom. The quantitative estimate of drug-likeness (QED) is 0.728. The van der Waals surface area contributed by atoms with Crippen molar-refractivity contribution in [2.24, 2.45) is 0 Å². The predicted molar refractivity (Wildman–Crippen MR) is 62.4 cm³/mol.